The first-order valence-electron chi connectivity index (χ1n) is 8.29. The molecule has 1 aromatic carbocycles. The smallest absolute Gasteiger partial charge is 0.270 e. The second kappa shape index (κ2) is 6.45. The maximum absolute atomic E-state index is 12.8. The molecule has 0 atom stereocenters. The highest BCUT2D eigenvalue weighted by Gasteiger charge is 2.23. The van der Waals surface area contributed by atoms with Gasteiger partial charge in [0.25, 0.3) is 5.91 Å². The van der Waals surface area contributed by atoms with Crippen molar-refractivity contribution in [1.29, 1.82) is 0 Å². The molecule has 4 rings (SSSR count). The molecule has 0 aliphatic carbocycles. The van der Waals surface area contributed by atoms with Crippen LogP contribution in [-0.2, 0) is 6.54 Å². The Morgan fingerprint density at radius 1 is 0.958 bits per heavy atom. The molecule has 2 aromatic heterocycles. The summed E-state index contributed by atoms with van der Waals surface area (Å²) in [5, 5.41) is 0. The first kappa shape index (κ1) is 14.9. The van der Waals surface area contributed by atoms with Crippen molar-refractivity contribution in [2.75, 3.05) is 26.2 Å². The van der Waals surface area contributed by atoms with E-state index in [2.05, 4.69) is 34.1 Å². The molecule has 24 heavy (non-hydrogen) atoms. The Morgan fingerprint density at radius 3 is 2.54 bits per heavy atom. The van der Waals surface area contributed by atoms with E-state index in [0.717, 1.165) is 38.4 Å². The minimum absolute atomic E-state index is 0.0814. The summed E-state index contributed by atoms with van der Waals surface area (Å²) >= 11 is 0. The Hall–Kier alpha value is -2.66. The summed E-state index contributed by atoms with van der Waals surface area (Å²) < 4.78 is 1.86. The summed E-state index contributed by atoms with van der Waals surface area (Å²) in [6.45, 7) is 4.27. The van der Waals surface area contributed by atoms with Crippen molar-refractivity contribution < 1.29 is 4.79 Å². The van der Waals surface area contributed by atoms with Crippen LogP contribution in [0.25, 0.3) is 5.65 Å². The maximum Gasteiger partial charge on any atom is 0.270 e. The summed E-state index contributed by atoms with van der Waals surface area (Å²) in [5.74, 6) is 0.0814. The molecule has 3 aromatic rings. The van der Waals surface area contributed by atoms with Crippen LogP contribution in [0.4, 0.5) is 0 Å². The molecule has 0 N–H and O–H groups in total. The van der Waals surface area contributed by atoms with Crippen LogP contribution in [0.15, 0.2) is 60.9 Å². The fraction of sp³-hybridized carbons (Fsp3) is 0.263. The number of fused-ring (bicyclic) bond motifs is 1. The fourth-order valence-electron chi connectivity index (χ4n) is 3.23. The van der Waals surface area contributed by atoms with Gasteiger partial charge in [0.05, 0.1) is 0 Å². The van der Waals surface area contributed by atoms with Crippen molar-refractivity contribution in [3.63, 3.8) is 0 Å². The highest BCUT2D eigenvalue weighted by Crippen LogP contribution is 2.13. The third-order valence-corrected chi connectivity index (χ3v) is 4.56. The van der Waals surface area contributed by atoms with Crippen LogP contribution in [0.3, 0.4) is 0 Å². The van der Waals surface area contributed by atoms with Crippen molar-refractivity contribution in [2.24, 2.45) is 0 Å². The number of hydrogen-bond acceptors (Lipinski definition) is 3. The number of carbonyl (C=O) groups excluding carboxylic acids is 1. The zero-order chi connectivity index (χ0) is 16.4. The summed E-state index contributed by atoms with van der Waals surface area (Å²) in [6, 6.07) is 16.1. The molecule has 1 aliphatic rings. The lowest BCUT2D eigenvalue weighted by Crippen LogP contribution is -2.48. The van der Waals surface area contributed by atoms with E-state index in [1.54, 1.807) is 6.20 Å². The van der Waals surface area contributed by atoms with Gasteiger partial charge in [-0.15, -0.1) is 0 Å². The summed E-state index contributed by atoms with van der Waals surface area (Å²) in [5.41, 5.74) is 2.81. The molecule has 0 radical (unpaired) electrons. The van der Waals surface area contributed by atoms with Crippen molar-refractivity contribution in [3.8, 4) is 0 Å². The van der Waals surface area contributed by atoms with Crippen molar-refractivity contribution in [2.45, 2.75) is 6.54 Å². The van der Waals surface area contributed by atoms with Crippen LogP contribution in [-0.4, -0.2) is 51.3 Å². The highest BCUT2D eigenvalue weighted by atomic mass is 16.2. The molecular formula is C19H20N4O. The van der Waals surface area contributed by atoms with E-state index >= 15 is 0 Å². The standard InChI is InChI=1S/C19H20N4O/c24-19(17-7-4-8-18-20-9-10-23(17)18)22-13-11-21(12-14-22)15-16-5-2-1-3-6-16/h1-10H,11-15H2. The number of piperazine rings is 1. The van der Waals surface area contributed by atoms with E-state index in [-0.39, 0.29) is 5.91 Å². The number of nitrogens with zero attached hydrogens (tertiary/aromatic N) is 4. The number of imidazole rings is 1. The molecule has 0 saturated carbocycles. The van der Waals surface area contributed by atoms with E-state index in [1.165, 1.54) is 5.56 Å². The minimum atomic E-state index is 0.0814. The molecule has 1 amide bonds. The van der Waals surface area contributed by atoms with Crippen LogP contribution in [0.5, 0.6) is 0 Å². The molecule has 0 bridgehead atoms. The minimum Gasteiger partial charge on any atom is -0.335 e. The summed E-state index contributed by atoms with van der Waals surface area (Å²) in [7, 11) is 0. The monoisotopic (exact) mass is 320 g/mol. The van der Waals surface area contributed by atoms with Crippen molar-refractivity contribution >= 4 is 11.6 Å². The van der Waals surface area contributed by atoms with Crippen LogP contribution < -0.4 is 0 Å². The number of pyridine rings is 1. The van der Waals surface area contributed by atoms with Gasteiger partial charge < -0.3 is 4.90 Å². The maximum atomic E-state index is 12.8. The quantitative estimate of drug-likeness (QED) is 0.743. The van der Waals surface area contributed by atoms with E-state index in [0.29, 0.717) is 5.69 Å². The van der Waals surface area contributed by atoms with Crippen molar-refractivity contribution in [3.05, 3.63) is 72.2 Å². The van der Waals surface area contributed by atoms with Crippen LogP contribution in [0.1, 0.15) is 16.1 Å². The van der Waals surface area contributed by atoms with E-state index in [9.17, 15) is 4.79 Å². The number of hydrogen-bond donors (Lipinski definition) is 0. The zero-order valence-corrected chi connectivity index (χ0v) is 13.5. The van der Waals surface area contributed by atoms with Crippen molar-refractivity contribution in [1.82, 2.24) is 19.2 Å². The Kier molecular flexibility index (Phi) is 4.01. The lowest BCUT2D eigenvalue weighted by molar-refractivity contribution is 0.0621. The SMILES string of the molecule is O=C(c1cccc2nccn12)N1CCN(Cc2ccccc2)CC1. The number of rotatable bonds is 3. The van der Waals surface area contributed by atoms with Crippen LogP contribution in [0.2, 0.25) is 0 Å². The van der Waals surface area contributed by atoms with Gasteiger partial charge in [0, 0.05) is 45.1 Å². The first-order valence-corrected chi connectivity index (χ1v) is 8.29. The second-order valence-corrected chi connectivity index (χ2v) is 6.12. The molecule has 122 valence electrons. The van der Waals surface area contributed by atoms with Gasteiger partial charge in [0.15, 0.2) is 0 Å². The van der Waals surface area contributed by atoms with Gasteiger partial charge in [-0.2, -0.15) is 0 Å². The normalized spacial score (nSPS) is 15.8. The largest absolute Gasteiger partial charge is 0.335 e. The Labute approximate surface area is 141 Å². The molecule has 0 unspecified atom stereocenters. The Balaban J connectivity index is 1.42. The zero-order valence-electron chi connectivity index (χ0n) is 13.5. The van der Waals surface area contributed by atoms with Crippen LogP contribution in [0, 0.1) is 0 Å². The van der Waals surface area contributed by atoms with E-state index in [1.807, 2.05) is 39.8 Å². The van der Waals surface area contributed by atoms with Gasteiger partial charge >= 0.3 is 0 Å². The molecule has 5 nitrogen and oxygen atoms in total. The molecular weight excluding hydrogens is 300 g/mol. The number of benzene rings is 1. The van der Waals surface area contributed by atoms with Gasteiger partial charge in [-0.1, -0.05) is 36.4 Å². The third-order valence-electron chi connectivity index (χ3n) is 4.56. The molecule has 1 fully saturated rings. The molecule has 3 heterocycles. The third kappa shape index (κ3) is 2.90. The first-order chi connectivity index (χ1) is 11.8. The predicted molar refractivity (Wildman–Crippen MR) is 92.8 cm³/mol. The molecule has 5 heteroatoms. The summed E-state index contributed by atoms with van der Waals surface area (Å²) in [6.07, 6.45) is 3.57. The molecule has 1 aliphatic heterocycles. The van der Waals surface area contributed by atoms with Gasteiger partial charge in [-0.05, 0) is 17.7 Å². The van der Waals surface area contributed by atoms with Gasteiger partial charge in [0.2, 0.25) is 0 Å². The fourth-order valence-corrected chi connectivity index (χ4v) is 3.23. The average molecular weight is 320 g/mol. The van der Waals surface area contributed by atoms with Crippen LogP contribution >= 0.6 is 0 Å². The number of carbonyl (C=O) groups is 1. The highest BCUT2D eigenvalue weighted by molar-refractivity contribution is 5.93. The summed E-state index contributed by atoms with van der Waals surface area (Å²) in [4.78, 5) is 21.4. The predicted octanol–water partition coefficient (Wildman–Crippen LogP) is 2.29. The Morgan fingerprint density at radius 2 is 1.75 bits per heavy atom. The number of aromatic nitrogens is 2. The van der Waals surface area contributed by atoms with Gasteiger partial charge in [0.1, 0.15) is 11.3 Å². The average Bonchev–Trinajstić information content (AvgIpc) is 3.11. The van der Waals surface area contributed by atoms with E-state index < -0.39 is 0 Å². The lowest BCUT2D eigenvalue weighted by atomic mass is 10.2. The van der Waals surface area contributed by atoms with Gasteiger partial charge in [-0.3, -0.25) is 14.1 Å². The van der Waals surface area contributed by atoms with Gasteiger partial charge in [-0.25, -0.2) is 4.98 Å². The lowest BCUT2D eigenvalue weighted by Gasteiger charge is -2.34. The topological polar surface area (TPSA) is 40.9 Å². The Bertz CT molecular complexity index is 835. The second-order valence-electron chi connectivity index (χ2n) is 6.12. The number of amides is 1. The molecule has 1 saturated heterocycles. The molecule has 0 spiro atoms. The van der Waals surface area contributed by atoms with E-state index in [4.69, 9.17) is 0 Å².